The number of halogens is 1. The van der Waals surface area contributed by atoms with Crippen molar-refractivity contribution in [2.45, 2.75) is 45.4 Å². The number of benzene rings is 2. The van der Waals surface area contributed by atoms with Crippen LogP contribution in [0.3, 0.4) is 0 Å². The lowest BCUT2D eigenvalue weighted by atomic mass is 10.1. The van der Waals surface area contributed by atoms with Crippen molar-refractivity contribution in [2.75, 3.05) is 19.6 Å². The van der Waals surface area contributed by atoms with Gasteiger partial charge in [-0.1, -0.05) is 26.0 Å². The molecule has 2 N–H and O–H groups in total. The van der Waals surface area contributed by atoms with Gasteiger partial charge < -0.3 is 20.1 Å². The predicted octanol–water partition coefficient (Wildman–Crippen LogP) is 3.62. The van der Waals surface area contributed by atoms with Crippen LogP contribution in [0.2, 0.25) is 0 Å². The van der Waals surface area contributed by atoms with E-state index in [4.69, 9.17) is 4.74 Å². The second-order valence-electron chi connectivity index (χ2n) is 8.38. The number of carbonyl (C=O) groups excluding carboxylic acids is 1. The van der Waals surface area contributed by atoms with E-state index in [0.29, 0.717) is 36.8 Å². The summed E-state index contributed by atoms with van der Waals surface area (Å²) >= 11 is 0. The molecule has 0 aromatic heterocycles. The lowest BCUT2D eigenvalue weighted by molar-refractivity contribution is 0.0796. The molecule has 30 heavy (non-hydrogen) atoms. The van der Waals surface area contributed by atoms with Gasteiger partial charge in [0.1, 0.15) is 18.2 Å². The number of amides is 1. The summed E-state index contributed by atoms with van der Waals surface area (Å²) in [6.45, 7) is 7.24. The fourth-order valence-corrected chi connectivity index (χ4v) is 3.74. The molecule has 0 aliphatic carbocycles. The minimum Gasteiger partial charge on any atom is -0.489 e. The monoisotopic (exact) mass is 414 g/mol. The van der Waals surface area contributed by atoms with Crippen LogP contribution in [-0.2, 0) is 6.61 Å². The van der Waals surface area contributed by atoms with E-state index in [0.717, 1.165) is 25.1 Å². The molecular weight excluding hydrogens is 383 g/mol. The largest absolute Gasteiger partial charge is 0.489 e. The Morgan fingerprint density at radius 3 is 2.57 bits per heavy atom. The maximum absolute atomic E-state index is 13.0. The molecule has 162 valence electrons. The Kier molecular flexibility index (Phi) is 7.82. The molecule has 5 nitrogen and oxygen atoms in total. The SMILES string of the molecule is CC(C)CN1CCC[C@@H](O)[C@H](NC(=O)c2ccc(OCc3ccc(F)cc3)cc2)C1. The molecular formula is C24H31FN2O3. The van der Waals surface area contributed by atoms with E-state index in [1.165, 1.54) is 12.1 Å². The highest BCUT2D eigenvalue weighted by Crippen LogP contribution is 2.17. The minimum atomic E-state index is -0.538. The standard InChI is InChI=1S/C24H31FN2O3/c1-17(2)14-27-13-3-4-23(28)22(15-27)26-24(29)19-7-11-21(12-8-19)30-16-18-5-9-20(25)10-6-18/h5-12,17,22-23,28H,3-4,13-16H2,1-2H3,(H,26,29)/t22-,23-/m1/s1. The Labute approximate surface area is 177 Å². The molecule has 2 atom stereocenters. The Morgan fingerprint density at radius 1 is 1.20 bits per heavy atom. The van der Waals surface area contributed by atoms with Gasteiger partial charge in [-0.25, -0.2) is 4.39 Å². The van der Waals surface area contributed by atoms with Crippen molar-refractivity contribution < 1.29 is 19.0 Å². The van der Waals surface area contributed by atoms with Gasteiger partial charge in [0.15, 0.2) is 0 Å². The van der Waals surface area contributed by atoms with E-state index in [9.17, 15) is 14.3 Å². The average molecular weight is 415 g/mol. The van der Waals surface area contributed by atoms with E-state index in [1.54, 1.807) is 36.4 Å². The summed E-state index contributed by atoms with van der Waals surface area (Å²) in [5.41, 5.74) is 1.39. The zero-order valence-corrected chi connectivity index (χ0v) is 17.7. The smallest absolute Gasteiger partial charge is 0.251 e. The highest BCUT2D eigenvalue weighted by molar-refractivity contribution is 5.94. The van der Waals surface area contributed by atoms with Crippen LogP contribution in [0.25, 0.3) is 0 Å². The molecule has 2 aromatic carbocycles. The molecule has 2 aromatic rings. The third-order valence-electron chi connectivity index (χ3n) is 5.27. The Balaban J connectivity index is 1.55. The third kappa shape index (κ3) is 6.54. The van der Waals surface area contributed by atoms with Crippen LogP contribution in [0.4, 0.5) is 4.39 Å². The molecule has 1 aliphatic rings. The first kappa shape index (κ1) is 22.2. The number of hydrogen-bond acceptors (Lipinski definition) is 4. The molecule has 0 radical (unpaired) electrons. The van der Waals surface area contributed by atoms with Gasteiger partial charge in [-0.2, -0.15) is 0 Å². The summed E-state index contributed by atoms with van der Waals surface area (Å²) in [7, 11) is 0. The molecule has 0 spiro atoms. The fraction of sp³-hybridized carbons (Fsp3) is 0.458. The summed E-state index contributed by atoms with van der Waals surface area (Å²) in [6, 6.07) is 12.8. The molecule has 6 heteroatoms. The van der Waals surface area contributed by atoms with Gasteiger partial charge in [0.25, 0.3) is 5.91 Å². The normalized spacial score (nSPS) is 20.0. The van der Waals surface area contributed by atoms with Gasteiger partial charge in [0.2, 0.25) is 0 Å². The third-order valence-corrected chi connectivity index (χ3v) is 5.27. The number of carbonyl (C=O) groups is 1. The van der Waals surface area contributed by atoms with Crippen LogP contribution in [0.15, 0.2) is 48.5 Å². The van der Waals surface area contributed by atoms with Crippen molar-refractivity contribution in [3.05, 3.63) is 65.5 Å². The van der Waals surface area contributed by atoms with Crippen molar-refractivity contribution >= 4 is 5.91 Å². The number of hydrogen-bond donors (Lipinski definition) is 2. The van der Waals surface area contributed by atoms with E-state index in [2.05, 4.69) is 24.1 Å². The van der Waals surface area contributed by atoms with Gasteiger partial charge in [-0.15, -0.1) is 0 Å². The number of ether oxygens (including phenoxy) is 1. The molecule has 3 rings (SSSR count). The van der Waals surface area contributed by atoms with E-state index in [1.807, 2.05) is 0 Å². The predicted molar refractivity (Wildman–Crippen MR) is 115 cm³/mol. The van der Waals surface area contributed by atoms with Gasteiger partial charge in [0.05, 0.1) is 12.1 Å². The first-order valence-corrected chi connectivity index (χ1v) is 10.6. The van der Waals surface area contributed by atoms with Crippen molar-refractivity contribution in [3.8, 4) is 5.75 Å². The number of nitrogens with zero attached hydrogens (tertiary/aromatic N) is 1. The molecule has 1 fully saturated rings. The van der Waals surface area contributed by atoms with Gasteiger partial charge in [-0.3, -0.25) is 4.79 Å². The molecule has 1 saturated heterocycles. The summed E-state index contributed by atoms with van der Waals surface area (Å²) in [5, 5.41) is 13.5. The summed E-state index contributed by atoms with van der Waals surface area (Å²) < 4.78 is 18.7. The van der Waals surface area contributed by atoms with Crippen molar-refractivity contribution in [1.82, 2.24) is 10.2 Å². The number of rotatable bonds is 7. The summed E-state index contributed by atoms with van der Waals surface area (Å²) in [5.74, 6) is 0.697. The second kappa shape index (κ2) is 10.5. The Morgan fingerprint density at radius 2 is 1.90 bits per heavy atom. The van der Waals surface area contributed by atoms with Crippen LogP contribution in [-0.4, -0.2) is 47.7 Å². The van der Waals surface area contributed by atoms with E-state index < -0.39 is 6.10 Å². The molecule has 1 aliphatic heterocycles. The number of aliphatic hydroxyl groups is 1. The summed E-state index contributed by atoms with van der Waals surface area (Å²) in [4.78, 5) is 15.0. The first-order chi connectivity index (χ1) is 14.4. The Hall–Kier alpha value is -2.44. The molecule has 0 saturated carbocycles. The van der Waals surface area contributed by atoms with Crippen molar-refractivity contribution in [2.24, 2.45) is 5.92 Å². The van der Waals surface area contributed by atoms with Crippen LogP contribution in [0.1, 0.15) is 42.6 Å². The van der Waals surface area contributed by atoms with Crippen molar-refractivity contribution in [1.29, 1.82) is 0 Å². The first-order valence-electron chi connectivity index (χ1n) is 10.6. The number of likely N-dealkylation sites (tertiary alicyclic amines) is 1. The zero-order chi connectivity index (χ0) is 21.5. The number of nitrogens with one attached hydrogen (secondary N) is 1. The average Bonchev–Trinajstić information content (AvgIpc) is 2.88. The van der Waals surface area contributed by atoms with Crippen molar-refractivity contribution in [3.63, 3.8) is 0 Å². The topological polar surface area (TPSA) is 61.8 Å². The van der Waals surface area contributed by atoms with Crippen LogP contribution in [0.5, 0.6) is 5.75 Å². The highest BCUT2D eigenvalue weighted by Gasteiger charge is 2.27. The molecule has 1 heterocycles. The second-order valence-corrected chi connectivity index (χ2v) is 8.38. The lowest BCUT2D eigenvalue weighted by Crippen LogP contribution is -2.49. The molecule has 1 amide bonds. The van der Waals surface area contributed by atoms with Crippen LogP contribution >= 0.6 is 0 Å². The van der Waals surface area contributed by atoms with Crippen LogP contribution < -0.4 is 10.1 Å². The number of aliphatic hydroxyl groups excluding tert-OH is 1. The van der Waals surface area contributed by atoms with Gasteiger partial charge in [-0.05, 0) is 67.3 Å². The fourth-order valence-electron chi connectivity index (χ4n) is 3.74. The molecule has 0 unspecified atom stereocenters. The summed E-state index contributed by atoms with van der Waals surface area (Å²) in [6.07, 6.45) is 1.08. The maximum atomic E-state index is 13.0. The maximum Gasteiger partial charge on any atom is 0.251 e. The van der Waals surface area contributed by atoms with E-state index >= 15 is 0 Å². The Bertz CT molecular complexity index is 808. The quantitative estimate of drug-likeness (QED) is 0.727. The van der Waals surface area contributed by atoms with E-state index in [-0.39, 0.29) is 17.8 Å². The minimum absolute atomic E-state index is 0.199. The highest BCUT2D eigenvalue weighted by atomic mass is 19.1. The lowest BCUT2D eigenvalue weighted by Gasteiger charge is -2.28. The van der Waals surface area contributed by atoms with Gasteiger partial charge in [0, 0.05) is 18.7 Å². The van der Waals surface area contributed by atoms with Gasteiger partial charge >= 0.3 is 0 Å². The van der Waals surface area contributed by atoms with Crippen LogP contribution in [0, 0.1) is 11.7 Å². The molecule has 0 bridgehead atoms. The zero-order valence-electron chi connectivity index (χ0n) is 17.7.